The van der Waals surface area contributed by atoms with Crippen molar-refractivity contribution < 1.29 is 13.2 Å². The van der Waals surface area contributed by atoms with E-state index in [2.05, 4.69) is 10.6 Å². The molecule has 0 amide bonds. The average Bonchev–Trinajstić information content (AvgIpc) is 2.31. The molecule has 3 N–H and O–H groups in total. The fraction of sp³-hybridized carbons (Fsp3) is 0.385. The van der Waals surface area contributed by atoms with Crippen LogP contribution in [0.4, 0.5) is 5.69 Å². The summed E-state index contributed by atoms with van der Waals surface area (Å²) in [5.41, 5.74) is 6.90. The molecule has 0 saturated heterocycles. The van der Waals surface area contributed by atoms with Crippen molar-refractivity contribution in [1.29, 1.82) is 0 Å². The van der Waals surface area contributed by atoms with E-state index in [1.165, 1.54) is 13.2 Å². The minimum atomic E-state index is -3.71. The average molecular weight is 282 g/mol. The number of nitrogens with one attached hydrogen (secondary N) is 1. The number of nitrogens with two attached hydrogens (primary N) is 1. The van der Waals surface area contributed by atoms with Gasteiger partial charge in [-0.05, 0) is 31.5 Å². The number of methoxy groups -OCH3 is 1. The van der Waals surface area contributed by atoms with Gasteiger partial charge in [0.2, 0.25) is 10.0 Å². The van der Waals surface area contributed by atoms with Gasteiger partial charge in [-0.2, -0.15) is 0 Å². The van der Waals surface area contributed by atoms with Crippen LogP contribution in [-0.4, -0.2) is 21.6 Å². The van der Waals surface area contributed by atoms with Gasteiger partial charge in [-0.3, -0.25) is 0 Å². The fourth-order valence-electron chi connectivity index (χ4n) is 1.59. The zero-order chi connectivity index (χ0) is 14.6. The fourth-order valence-corrected chi connectivity index (χ4v) is 3.02. The van der Waals surface area contributed by atoms with Crippen molar-refractivity contribution in [2.45, 2.75) is 31.2 Å². The largest absolute Gasteiger partial charge is 0.495 e. The van der Waals surface area contributed by atoms with Gasteiger partial charge in [0.15, 0.2) is 0 Å². The van der Waals surface area contributed by atoms with Gasteiger partial charge in [0, 0.05) is 18.2 Å². The van der Waals surface area contributed by atoms with Gasteiger partial charge in [-0.1, -0.05) is 0 Å². The Hall–Kier alpha value is -1.71. The summed E-state index contributed by atoms with van der Waals surface area (Å²) in [5.74, 6) is 2.66. The summed E-state index contributed by atoms with van der Waals surface area (Å²) >= 11 is 0. The third-order valence-electron chi connectivity index (χ3n) is 2.62. The van der Waals surface area contributed by atoms with Crippen LogP contribution in [0.15, 0.2) is 17.0 Å². The first kappa shape index (κ1) is 15.3. The van der Waals surface area contributed by atoms with Crippen LogP contribution < -0.4 is 15.2 Å². The summed E-state index contributed by atoms with van der Waals surface area (Å²) in [6.45, 7) is 3.48. The number of nitrogen functional groups attached to an aromatic ring is 1. The third kappa shape index (κ3) is 3.63. The Morgan fingerprint density at radius 2 is 2.16 bits per heavy atom. The van der Waals surface area contributed by atoms with Crippen molar-refractivity contribution >= 4 is 15.7 Å². The summed E-state index contributed by atoms with van der Waals surface area (Å²) in [7, 11) is -2.30. The number of benzene rings is 1. The standard InChI is InChI=1S/C13H18N2O3S/c1-5-6-10(3)15-19(16,17)13-8-11(14)9(2)7-12(13)18-4/h1,7-8,10,15H,6,14H2,2-4H3. The van der Waals surface area contributed by atoms with Gasteiger partial charge in [0.05, 0.1) is 7.11 Å². The molecule has 5 nitrogen and oxygen atoms in total. The Morgan fingerprint density at radius 1 is 1.53 bits per heavy atom. The van der Waals surface area contributed by atoms with Crippen LogP contribution in [0.2, 0.25) is 0 Å². The number of rotatable bonds is 5. The number of anilines is 1. The smallest absolute Gasteiger partial charge is 0.244 e. The molecule has 0 heterocycles. The van der Waals surface area contributed by atoms with Gasteiger partial charge in [-0.15, -0.1) is 12.3 Å². The molecule has 6 heteroatoms. The Labute approximate surface area is 114 Å². The Kier molecular flexibility index (Phi) is 4.81. The monoisotopic (exact) mass is 282 g/mol. The SMILES string of the molecule is C#CCC(C)NS(=O)(=O)c1cc(N)c(C)cc1OC. The molecule has 1 aromatic rings. The van der Waals surface area contributed by atoms with E-state index in [1.807, 2.05) is 0 Å². The van der Waals surface area contributed by atoms with Gasteiger partial charge in [0.25, 0.3) is 0 Å². The van der Waals surface area contributed by atoms with Crippen LogP contribution >= 0.6 is 0 Å². The van der Waals surface area contributed by atoms with Crippen molar-refractivity contribution in [2.24, 2.45) is 0 Å². The molecule has 0 aliphatic carbocycles. The maximum Gasteiger partial charge on any atom is 0.244 e. The van der Waals surface area contributed by atoms with Crippen molar-refractivity contribution in [3.05, 3.63) is 17.7 Å². The van der Waals surface area contributed by atoms with Crippen molar-refractivity contribution in [3.8, 4) is 18.1 Å². The molecule has 1 unspecified atom stereocenters. The van der Waals surface area contributed by atoms with Crippen LogP contribution in [0.5, 0.6) is 5.75 Å². The number of aryl methyl sites for hydroxylation is 1. The molecule has 0 radical (unpaired) electrons. The summed E-state index contributed by atoms with van der Waals surface area (Å²) in [6, 6.07) is 2.62. The second-order valence-corrected chi connectivity index (χ2v) is 5.97. The molecule has 104 valence electrons. The lowest BCUT2D eigenvalue weighted by Gasteiger charge is -2.15. The van der Waals surface area contributed by atoms with E-state index < -0.39 is 10.0 Å². The molecule has 19 heavy (non-hydrogen) atoms. The second kappa shape index (κ2) is 5.95. The lowest BCUT2D eigenvalue weighted by Crippen LogP contribution is -2.32. The van der Waals surface area contributed by atoms with Gasteiger partial charge in [0.1, 0.15) is 10.6 Å². The van der Waals surface area contributed by atoms with E-state index in [0.29, 0.717) is 12.1 Å². The normalized spacial score (nSPS) is 12.7. The predicted molar refractivity (Wildman–Crippen MR) is 75.4 cm³/mol. The van der Waals surface area contributed by atoms with E-state index in [4.69, 9.17) is 16.9 Å². The highest BCUT2D eigenvalue weighted by Crippen LogP contribution is 2.28. The maximum atomic E-state index is 12.2. The minimum absolute atomic E-state index is 0.0157. The van der Waals surface area contributed by atoms with E-state index in [9.17, 15) is 8.42 Å². The van der Waals surface area contributed by atoms with Crippen molar-refractivity contribution in [1.82, 2.24) is 4.72 Å². The highest BCUT2D eigenvalue weighted by atomic mass is 32.2. The van der Waals surface area contributed by atoms with E-state index in [1.54, 1.807) is 19.9 Å². The first-order valence-corrected chi connectivity index (χ1v) is 7.20. The summed E-state index contributed by atoms with van der Waals surface area (Å²) in [6.07, 6.45) is 5.47. The van der Waals surface area contributed by atoms with Crippen LogP contribution in [0.25, 0.3) is 0 Å². The molecule has 0 spiro atoms. The van der Waals surface area contributed by atoms with Crippen LogP contribution in [0.3, 0.4) is 0 Å². The summed E-state index contributed by atoms with van der Waals surface area (Å²) < 4.78 is 32.1. The minimum Gasteiger partial charge on any atom is -0.495 e. The molecule has 1 atom stereocenters. The lowest BCUT2D eigenvalue weighted by molar-refractivity contribution is 0.402. The van der Waals surface area contributed by atoms with Crippen molar-refractivity contribution in [2.75, 3.05) is 12.8 Å². The molecule has 0 aliphatic heterocycles. The summed E-state index contributed by atoms with van der Waals surface area (Å²) in [5, 5.41) is 0. The Morgan fingerprint density at radius 3 is 2.68 bits per heavy atom. The summed E-state index contributed by atoms with van der Waals surface area (Å²) in [4.78, 5) is 0.0157. The molecule has 1 aromatic carbocycles. The number of hydrogen-bond acceptors (Lipinski definition) is 4. The Bertz CT molecular complexity index is 603. The molecule has 0 aromatic heterocycles. The molecular formula is C13H18N2O3S. The Balaban J connectivity index is 3.21. The highest BCUT2D eigenvalue weighted by molar-refractivity contribution is 7.89. The third-order valence-corrected chi connectivity index (χ3v) is 4.23. The quantitative estimate of drug-likeness (QED) is 0.629. The zero-order valence-electron chi connectivity index (χ0n) is 11.2. The molecular weight excluding hydrogens is 264 g/mol. The molecule has 0 saturated carbocycles. The lowest BCUT2D eigenvalue weighted by atomic mass is 10.2. The van der Waals surface area contributed by atoms with Gasteiger partial charge in [-0.25, -0.2) is 13.1 Å². The van der Waals surface area contributed by atoms with E-state index >= 15 is 0 Å². The van der Waals surface area contributed by atoms with Crippen LogP contribution in [0.1, 0.15) is 18.9 Å². The number of hydrogen-bond donors (Lipinski definition) is 2. The molecule has 1 rings (SSSR count). The number of sulfonamides is 1. The molecule has 0 fully saturated rings. The maximum absolute atomic E-state index is 12.2. The van der Waals surface area contributed by atoms with E-state index in [-0.39, 0.29) is 16.7 Å². The van der Waals surface area contributed by atoms with Crippen LogP contribution in [0, 0.1) is 19.3 Å². The van der Waals surface area contributed by atoms with Crippen molar-refractivity contribution in [3.63, 3.8) is 0 Å². The first-order valence-electron chi connectivity index (χ1n) is 5.71. The topological polar surface area (TPSA) is 81.4 Å². The second-order valence-electron chi connectivity index (χ2n) is 4.29. The first-order chi connectivity index (χ1) is 8.81. The number of terminal acetylenes is 1. The highest BCUT2D eigenvalue weighted by Gasteiger charge is 2.22. The number of ether oxygens (including phenoxy) is 1. The molecule has 0 aliphatic rings. The predicted octanol–water partition coefficient (Wildman–Crippen LogP) is 1.28. The zero-order valence-corrected chi connectivity index (χ0v) is 12.0. The van der Waals surface area contributed by atoms with Crippen LogP contribution in [-0.2, 0) is 10.0 Å². The van der Waals surface area contributed by atoms with E-state index in [0.717, 1.165) is 5.56 Å². The molecule has 0 bridgehead atoms. The van der Waals surface area contributed by atoms with Gasteiger partial charge >= 0.3 is 0 Å². The van der Waals surface area contributed by atoms with Gasteiger partial charge < -0.3 is 10.5 Å².